The molecular formula is C25H21ClN2O4. The second-order valence-corrected chi connectivity index (χ2v) is 7.56. The summed E-state index contributed by atoms with van der Waals surface area (Å²) in [4.78, 5) is 31.1. The van der Waals surface area contributed by atoms with Crippen LogP contribution in [0.25, 0.3) is 10.9 Å². The van der Waals surface area contributed by atoms with E-state index in [0.29, 0.717) is 44.4 Å². The van der Waals surface area contributed by atoms with Gasteiger partial charge >= 0.3 is 0 Å². The number of anilines is 2. The third kappa shape index (κ3) is 3.81. The van der Waals surface area contributed by atoms with E-state index in [1.807, 2.05) is 6.07 Å². The number of methoxy groups -OCH3 is 2. The number of carbonyl (C=O) groups excluding carboxylic acids is 2. The second kappa shape index (κ2) is 8.77. The molecule has 4 aromatic rings. The third-order valence-corrected chi connectivity index (χ3v) is 5.40. The van der Waals surface area contributed by atoms with Crippen LogP contribution in [0, 0.1) is 0 Å². The Morgan fingerprint density at radius 2 is 1.69 bits per heavy atom. The van der Waals surface area contributed by atoms with Crippen molar-refractivity contribution in [1.29, 1.82) is 0 Å². The highest BCUT2D eigenvalue weighted by molar-refractivity contribution is 6.31. The molecule has 1 heterocycles. The smallest absolute Gasteiger partial charge is 0.228 e. The largest absolute Gasteiger partial charge is 0.497 e. The maximum atomic E-state index is 13.5. The molecule has 0 aliphatic rings. The minimum atomic E-state index is -0.297. The first-order chi connectivity index (χ1) is 15.4. The first-order valence-electron chi connectivity index (χ1n) is 9.88. The predicted molar refractivity (Wildman–Crippen MR) is 126 cm³/mol. The standard InChI is InChI=1S/C25H21ClN2O4/c1-15(29)28(21-14-18(31-2)10-12-22(21)32-3)24-19-11-9-17(26)13-20(19)27-23(24)25(30)16-7-5-4-6-8-16/h4-14,27H,1-3H3. The van der Waals surface area contributed by atoms with Crippen molar-refractivity contribution in [2.45, 2.75) is 6.92 Å². The van der Waals surface area contributed by atoms with Crippen LogP contribution in [0.2, 0.25) is 5.02 Å². The van der Waals surface area contributed by atoms with Crippen LogP contribution in [0.3, 0.4) is 0 Å². The van der Waals surface area contributed by atoms with Crippen LogP contribution in [-0.2, 0) is 4.79 Å². The number of halogens is 1. The fourth-order valence-corrected chi connectivity index (χ4v) is 3.88. The number of hydrogen-bond acceptors (Lipinski definition) is 4. The Balaban J connectivity index is 2.03. The van der Waals surface area contributed by atoms with Crippen LogP contribution in [-0.4, -0.2) is 30.9 Å². The molecule has 6 nitrogen and oxygen atoms in total. The molecule has 32 heavy (non-hydrogen) atoms. The number of ketones is 1. The number of nitrogens with one attached hydrogen (secondary N) is 1. The predicted octanol–water partition coefficient (Wildman–Crippen LogP) is 5.75. The molecule has 7 heteroatoms. The van der Waals surface area contributed by atoms with Gasteiger partial charge in [-0.2, -0.15) is 0 Å². The molecule has 0 spiro atoms. The van der Waals surface area contributed by atoms with Crippen molar-refractivity contribution < 1.29 is 19.1 Å². The van der Waals surface area contributed by atoms with Gasteiger partial charge in [0.25, 0.3) is 0 Å². The van der Waals surface area contributed by atoms with Gasteiger partial charge in [0.15, 0.2) is 0 Å². The number of aromatic amines is 1. The Bertz CT molecular complexity index is 1310. The molecule has 0 radical (unpaired) electrons. The molecule has 162 valence electrons. The fourth-order valence-electron chi connectivity index (χ4n) is 3.70. The second-order valence-electron chi connectivity index (χ2n) is 7.13. The van der Waals surface area contributed by atoms with E-state index in [1.165, 1.54) is 18.9 Å². The topological polar surface area (TPSA) is 71.6 Å². The summed E-state index contributed by atoms with van der Waals surface area (Å²) in [6.07, 6.45) is 0. The molecular weight excluding hydrogens is 428 g/mol. The number of ether oxygens (including phenoxy) is 2. The van der Waals surface area contributed by atoms with Crippen LogP contribution < -0.4 is 14.4 Å². The molecule has 0 saturated carbocycles. The minimum Gasteiger partial charge on any atom is -0.497 e. The molecule has 0 aliphatic heterocycles. The van der Waals surface area contributed by atoms with Gasteiger partial charge in [-0.3, -0.25) is 14.5 Å². The first-order valence-corrected chi connectivity index (χ1v) is 10.3. The van der Waals surface area contributed by atoms with E-state index >= 15 is 0 Å². The number of aromatic nitrogens is 1. The number of fused-ring (bicyclic) bond motifs is 1. The Kier molecular flexibility index (Phi) is 5.88. The number of H-pyrrole nitrogens is 1. The van der Waals surface area contributed by atoms with Crippen molar-refractivity contribution >= 4 is 45.6 Å². The Morgan fingerprint density at radius 1 is 0.938 bits per heavy atom. The number of carbonyl (C=O) groups is 2. The van der Waals surface area contributed by atoms with Gasteiger partial charge in [-0.05, 0) is 30.3 Å². The molecule has 0 bridgehead atoms. The third-order valence-electron chi connectivity index (χ3n) is 5.16. The van der Waals surface area contributed by atoms with E-state index in [1.54, 1.807) is 67.8 Å². The molecule has 0 fully saturated rings. The van der Waals surface area contributed by atoms with E-state index in [-0.39, 0.29) is 17.4 Å². The highest BCUT2D eigenvalue weighted by Gasteiger charge is 2.29. The van der Waals surface area contributed by atoms with Crippen LogP contribution in [0.15, 0.2) is 66.7 Å². The Labute approximate surface area is 190 Å². The lowest BCUT2D eigenvalue weighted by Gasteiger charge is -2.24. The first kappa shape index (κ1) is 21.5. The lowest BCUT2D eigenvalue weighted by Crippen LogP contribution is -2.25. The molecule has 0 saturated heterocycles. The van der Waals surface area contributed by atoms with E-state index in [9.17, 15) is 9.59 Å². The van der Waals surface area contributed by atoms with Crippen molar-refractivity contribution in [2.24, 2.45) is 0 Å². The monoisotopic (exact) mass is 448 g/mol. The number of hydrogen-bond donors (Lipinski definition) is 1. The van der Waals surface area contributed by atoms with Gasteiger partial charge in [0.05, 0.1) is 25.6 Å². The van der Waals surface area contributed by atoms with E-state index in [2.05, 4.69) is 4.98 Å². The molecule has 3 aromatic carbocycles. The zero-order chi connectivity index (χ0) is 22.8. The lowest BCUT2D eigenvalue weighted by molar-refractivity contribution is -0.115. The quantitative estimate of drug-likeness (QED) is 0.381. The molecule has 1 aromatic heterocycles. The highest BCUT2D eigenvalue weighted by atomic mass is 35.5. The van der Waals surface area contributed by atoms with Crippen LogP contribution in [0.4, 0.5) is 11.4 Å². The zero-order valence-corrected chi connectivity index (χ0v) is 18.6. The van der Waals surface area contributed by atoms with Crippen molar-refractivity contribution in [1.82, 2.24) is 4.98 Å². The Hall–Kier alpha value is -3.77. The summed E-state index contributed by atoms with van der Waals surface area (Å²) >= 11 is 6.20. The van der Waals surface area contributed by atoms with Crippen molar-refractivity contribution in [2.75, 3.05) is 19.1 Å². The Morgan fingerprint density at radius 3 is 2.34 bits per heavy atom. The number of amides is 1. The molecule has 1 N–H and O–H groups in total. The van der Waals surface area contributed by atoms with Crippen LogP contribution in [0.5, 0.6) is 11.5 Å². The van der Waals surface area contributed by atoms with Gasteiger partial charge in [0.2, 0.25) is 11.7 Å². The number of benzene rings is 3. The normalized spacial score (nSPS) is 10.8. The lowest BCUT2D eigenvalue weighted by atomic mass is 10.1. The summed E-state index contributed by atoms with van der Waals surface area (Å²) in [6, 6.07) is 19.3. The molecule has 4 rings (SSSR count). The maximum Gasteiger partial charge on any atom is 0.228 e. The van der Waals surface area contributed by atoms with Crippen molar-refractivity contribution in [3.63, 3.8) is 0 Å². The molecule has 0 atom stereocenters. The van der Waals surface area contributed by atoms with Crippen molar-refractivity contribution in [3.05, 3.63) is 83.0 Å². The van der Waals surface area contributed by atoms with Gasteiger partial charge < -0.3 is 14.5 Å². The summed E-state index contributed by atoms with van der Waals surface area (Å²) in [7, 11) is 3.07. The van der Waals surface area contributed by atoms with E-state index in [0.717, 1.165) is 0 Å². The maximum absolute atomic E-state index is 13.5. The van der Waals surface area contributed by atoms with Crippen LogP contribution >= 0.6 is 11.6 Å². The molecule has 0 unspecified atom stereocenters. The summed E-state index contributed by atoms with van der Waals surface area (Å²) in [6.45, 7) is 1.43. The van der Waals surface area contributed by atoms with E-state index in [4.69, 9.17) is 21.1 Å². The summed E-state index contributed by atoms with van der Waals surface area (Å²) in [5.41, 5.74) is 2.28. The fraction of sp³-hybridized carbons (Fsp3) is 0.120. The average Bonchev–Trinajstić information content (AvgIpc) is 3.17. The summed E-state index contributed by atoms with van der Waals surface area (Å²) < 4.78 is 10.9. The summed E-state index contributed by atoms with van der Waals surface area (Å²) in [5, 5.41) is 1.19. The number of nitrogens with zero attached hydrogens (tertiary/aromatic N) is 1. The molecule has 0 aliphatic carbocycles. The van der Waals surface area contributed by atoms with Gasteiger partial charge in [-0.25, -0.2) is 0 Å². The number of rotatable bonds is 6. The average molecular weight is 449 g/mol. The van der Waals surface area contributed by atoms with Gasteiger partial charge in [-0.15, -0.1) is 0 Å². The highest BCUT2D eigenvalue weighted by Crippen LogP contribution is 2.42. The minimum absolute atomic E-state index is 0.249. The summed E-state index contributed by atoms with van der Waals surface area (Å²) in [5.74, 6) is 0.462. The van der Waals surface area contributed by atoms with Gasteiger partial charge in [0, 0.05) is 34.5 Å². The molecule has 1 amide bonds. The van der Waals surface area contributed by atoms with Gasteiger partial charge in [0.1, 0.15) is 17.2 Å². The van der Waals surface area contributed by atoms with Crippen molar-refractivity contribution in [3.8, 4) is 11.5 Å². The van der Waals surface area contributed by atoms with E-state index < -0.39 is 0 Å². The SMILES string of the molecule is COc1ccc(OC)c(N(C(C)=O)c2c(C(=O)c3ccccc3)[nH]c3cc(Cl)ccc23)c1. The van der Waals surface area contributed by atoms with Crippen LogP contribution in [0.1, 0.15) is 23.0 Å². The zero-order valence-electron chi connectivity index (χ0n) is 17.8. The van der Waals surface area contributed by atoms with Gasteiger partial charge in [-0.1, -0.05) is 41.9 Å².